The molecule has 1 fully saturated rings. The predicted molar refractivity (Wildman–Crippen MR) is 157 cm³/mol. The van der Waals surface area contributed by atoms with Crippen LogP contribution in [-0.4, -0.2) is 62.1 Å². The van der Waals surface area contributed by atoms with E-state index >= 15 is 0 Å². The molecule has 2 aromatic heterocycles. The van der Waals surface area contributed by atoms with Gasteiger partial charge in [0.05, 0.1) is 22.0 Å². The molecule has 0 unspecified atom stereocenters. The molecule has 0 N–H and O–H groups in total. The van der Waals surface area contributed by atoms with Gasteiger partial charge in [-0.25, -0.2) is 14.2 Å². The summed E-state index contributed by atoms with van der Waals surface area (Å²) in [7, 11) is 0. The number of nitrogens with zero attached hydrogens (tertiary/aromatic N) is 5. The molecule has 0 spiro atoms. The van der Waals surface area contributed by atoms with Gasteiger partial charge in [-0.3, -0.25) is 19.5 Å². The number of benzene rings is 1. The van der Waals surface area contributed by atoms with Crippen molar-refractivity contribution in [3.05, 3.63) is 67.3 Å². The van der Waals surface area contributed by atoms with Crippen molar-refractivity contribution >= 4 is 51.7 Å². The van der Waals surface area contributed by atoms with Crippen LogP contribution in [0.2, 0.25) is 5.15 Å². The SMILES string of the molecule is CC(C)c1ccccc1-n1c(=O)c([N+](=O)[O-])c(N2C[C@@H](C)N(C(=O)OC(C)(C)C)C[C@@H]2CCl)c2cc(F)c(Cl)nc21. The standard InChI is InChI=1S/C28H32Cl2FN5O5/c1-15(2)18-9-7-8-10-21(18)35-25-19(11-20(31)24(30)32-25)22(23(26(35)37)36(39)40)34-13-16(3)33(14-17(34)12-29)27(38)41-28(4,5)6/h7-11,15-17H,12-14H2,1-6H3/t16-,17+/m1/s1. The topological polar surface area (TPSA) is 111 Å². The number of ether oxygens (including phenoxy) is 1. The van der Waals surface area contributed by atoms with Crippen LogP contribution in [-0.2, 0) is 4.74 Å². The van der Waals surface area contributed by atoms with Crippen molar-refractivity contribution in [2.75, 3.05) is 23.9 Å². The Bertz CT molecular complexity index is 1570. The van der Waals surface area contributed by atoms with Crippen molar-refractivity contribution < 1.29 is 18.8 Å². The van der Waals surface area contributed by atoms with E-state index in [9.17, 15) is 24.1 Å². The summed E-state index contributed by atoms with van der Waals surface area (Å²) < 4.78 is 21.7. The molecule has 3 aromatic rings. The molecular formula is C28H32Cl2FN5O5. The second-order valence-corrected chi connectivity index (χ2v) is 12.0. The Morgan fingerprint density at radius 2 is 1.93 bits per heavy atom. The molecule has 220 valence electrons. The summed E-state index contributed by atoms with van der Waals surface area (Å²) >= 11 is 12.5. The van der Waals surface area contributed by atoms with Crippen molar-refractivity contribution in [1.29, 1.82) is 0 Å². The van der Waals surface area contributed by atoms with Crippen molar-refractivity contribution in [3.8, 4) is 5.69 Å². The molecule has 1 saturated heterocycles. The molecule has 0 saturated carbocycles. The maximum Gasteiger partial charge on any atom is 0.410 e. The lowest BCUT2D eigenvalue weighted by Gasteiger charge is -2.45. The van der Waals surface area contributed by atoms with E-state index in [-0.39, 0.29) is 41.6 Å². The molecule has 3 heterocycles. The molecule has 1 aromatic carbocycles. The number of amides is 1. The maximum atomic E-state index is 15.0. The van der Waals surface area contributed by atoms with Gasteiger partial charge in [0, 0.05) is 25.0 Å². The fourth-order valence-corrected chi connectivity index (χ4v) is 5.51. The lowest BCUT2D eigenvalue weighted by Crippen LogP contribution is -2.60. The first-order valence-corrected chi connectivity index (χ1v) is 14.1. The van der Waals surface area contributed by atoms with E-state index < -0.39 is 50.9 Å². The number of halogens is 3. The number of hydrogen-bond donors (Lipinski definition) is 0. The van der Waals surface area contributed by atoms with E-state index in [0.717, 1.165) is 16.2 Å². The van der Waals surface area contributed by atoms with Crippen molar-refractivity contribution in [1.82, 2.24) is 14.5 Å². The van der Waals surface area contributed by atoms with E-state index in [0.29, 0.717) is 5.69 Å². The number of hydrogen-bond acceptors (Lipinski definition) is 7. The summed E-state index contributed by atoms with van der Waals surface area (Å²) in [6.07, 6.45) is -0.556. The number of piperazine rings is 1. The molecule has 1 amide bonds. The minimum Gasteiger partial charge on any atom is -0.444 e. The number of aromatic nitrogens is 2. The summed E-state index contributed by atoms with van der Waals surface area (Å²) in [5.41, 5.74) is -1.50. The van der Waals surface area contributed by atoms with Gasteiger partial charge < -0.3 is 14.5 Å². The van der Waals surface area contributed by atoms with Crippen molar-refractivity contribution in [2.24, 2.45) is 0 Å². The van der Waals surface area contributed by atoms with Gasteiger partial charge >= 0.3 is 17.3 Å². The van der Waals surface area contributed by atoms with Crippen molar-refractivity contribution in [2.45, 2.75) is 65.1 Å². The lowest BCUT2D eigenvalue weighted by molar-refractivity contribution is -0.385. The first-order chi connectivity index (χ1) is 19.2. The van der Waals surface area contributed by atoms with E-state index in [2.05, 4.69) is 4.98 Å². The van der Waals surface area contributed by atoms with Crippen LogP contribution in [0.25, 0.3) is 16.7 Å². The van der Waals surface area contributed by atoms with E-state index in [1.807, 2.05) is 19.9 Å². The molecule has 0 radical (unpaired) electrons. The number of para-hydroxylation sites is 1. The number of nitro groups is 1. The van der Waals surface area contributed by atoms with Crippen LogP contribution in [0.15, 0.2) is 35.1 Å². The maximum absolute atomic E-state index is 15.0. The Morgan fingerprint density at radius 3 is 2.51 bits per heavy atom. The molecule has 13 heteroatoms. The van der Waals surface area contributed by atoms with Crippen LogP contribution in [0, 0.1) is 15.9 Å². The Kier molecular flexibility index (Phi) is 8.52. The first-order valence-electron chi connectivity index (χ1n) is 13.2. The van der Waals surface area contributed by atoms with Crippen LogP contribution in [0.5, 0.6) is 0 Å². The summed E-state index contributed by atoms with van der Waals surface area (Å²) in [5, 5.41) is 12.1. The number of rotatable bonds is 5. The quantitative estimate of drug-likeness (QED) is 0.145. The highest BCUT2D eigenvalue weighted by Gasteiger charge is 2.41. The minimum absolute atomic E-state index is 0.0183. The van der Waals surface area contributed by atoms with Gasteiger partial charge in [-0.2, -0.15) is 0 Å². The Labute approximate surface area is 246 Å². The van der Waals surface area contributed by atoms with Crippen LogP contribution >= 0.6 is 23.2 Å². The first kappa shape index (κ1) is 30.5. The average molecular weight is 608 g/mol. The zero-order valence-corrected chi connectivity index (χ0v) is 25.2. The van der Waals surface area contributed by atoms with Gasteiger partial charge in [0.2, 0.25) is 0 Å². The molecule has 10 nitrogen and oxygen atoms in total. The summed E-state index contributed by atoms with van der Waals surface area (Å²) in [4.78, 5) is 46.1. The zero-order chi connectivity index (χ0) is 30.4. The Morgan fingerprint density at radius 1 is 1.27 bits per heavy atom. The number of alkyl halides is 1. The molecule has 0 bridgehead atoms. The van der Waals surface area contributed by atoms with Crippen LogP contribution in [0.3, 0.4) is 0 Å². The number of pyridine rings is 2. The van der Waals surface area contributed by atoms with Gasteiger partial charge in [-0.1, -0.05) is 43.6 Å². The summed E-state index contributed by atoms with van der Waals surface area (Å²) in [6, 6.07) is 6.85. The van der Waals surface area contributed by atoms with E-state index in [4.69, 9.17) is 27.9 Å². The highest BCUT2D eigenvalue weighted by molar-refractivity contribution is 6.30. The number of anilines is 1. The molecule has 1 aliphatic heterocycles. The van der Waals surface area contributed by atoms with Gasteiger partial charge in [-0.05, 0) is 51.3 Å². The van der Waals surface area contributed by atoms with E-state index in [1.54, 1.807) is 50.8 Å². The third kappa shape index (κ3) is 5.83. The molecule has 2 atom stereocenters. The monoisotopic (exact) mass is 607 g/mol. The van der Waals surface area contributed by atoms with Gasteiger partial charge in [0.1, 0.15) is 11.3 Å². The molecular weight excluding hydrogens is 576 g/mol. The Balaban J connectivity index is 2.01. The molecule has 41 heavy (non-hydrogen) atoms. The zero-order valence-electron chi connectivity index (χ0n) is 23.7. The highest BCUT2D eigenvalue weighted by Crippen LogP contribution is 2.39. The highest BCUT2D eigenvalue weighted by atomic mass is 35.5. The van der Waals surface area contributed by atoms with Gasteiger partial charge in [0.15, 0.2) is 16.6 Å². The second-order valence-electron chi connectivity index (χ2n) is 11.4. The van der Waals surface area contributed by atoms with Crippen molar-refractivity contribution in [3.63, 3.8) is 0 Å². The number of carbonyl (C=O) groups excluding carboxylic acids is 1. The van der Waals surface area contributed by atoms with Gasteiger partial charge in [0.25, 0.3) is 0 Å². The Hall–Kier alpha value is -3.44. The second kappa shape index (κ2) is 11.4. The smallest absolute Gasteiger partial charge is 0.410 e. The number of carbonyl (C=O) groups is 1. The predicted octanol–water partition coefficient (Wildman–Crippen LogP) is 6.26. The summed E-state index contributed by atoms with van der Waals surface area (Å²) in [5.74, 6) is -1.00. The van der Waals surface area contributed by atoms with Crippen LogP contribution < -0.4 is 10.5 Å². The molecule has 0 aliphatic carbocycles. The van der Waals surface area contributed by atoms with Gasteiger partial charge in [-0.15, -0.1) is 11.6 Å². The van der Waals surface area contributed by atoms with E-state index in [1.165, 1.54) is 4.90 Å². The fraction of sp³-hybridized carbons (Fsp3) is 0.464. The average Bonchev–Trinajstić information content (AvgIpc) is 2.87. The lowest BCUT2D eigenvalue weighted by atomic mass is 10.0. The third-order valence-corrected chi connectivity index (χ3v) is 7.55. The van der Waals surface area contributed by atoms with Crippen LogP contribution in [0.4, 0.5) is 20.6 Å². The largest absolute Gasteiger partial charge is 0.444 e. The molecule has 4 rings (SSSR count). The fourth-order valence-electron chi connectivity index (χ4n) is 5.11. The van der Waals surface area contributed by atoms with Crippen LogP contribution in [0.1, 0.15) is 53.0 Å². The minimum atomic E-state index is -0.948. The number of fused-ring (bicyclic) bond motifs is 1. The third-order valence-electron chi connectivity index (χ3n) is 6.93. The molecule has 1 aliphatic rings. The summed E-state index contributed by atoms with van der Waals surface area (Å²) in [6.45, 7) is 11.0. The normalized spacial score (nSPS) is 17.8.